The molecule has 2 aliphatic carbocycles. The van der Waals surface area contributed by atoms with Crippen LogP contribution in [0.4, 0.5) is 34.1 Å². The van der Waals surface area contributed by atoms with Crippen LogP contribution in [0.2, 0.25) is 0 Å². The zero-order chi connectivity index (χ0) is 38.2. The van der Waals surface area contributed by atoms with Crippen LogP contribution in [0.5, 0.6) is 0 Å². The topological polar surface area (TPSA) is 19.6 Å². The maximum Gasteiger partial charge on any atom is 0.140 e. The lowest BCUT2D eigenvalue weighted by molar-refractivity contribution is 0.628. The number of fused-ring (bicyclic) bond motifs is 13. The smallest absolute Gasteiger partial charge is 0.140 e. The molecule has 0 saturated carbocycles. The highest BCUT2D eigenvalue weighted by molar-refractivity contribution is 6.06. The molecule has 0 bridgehead atoms. The second-order valence-electron chi connectivity index (χ2n) is 15.2. The van der Waals surface area contributed by atoms with Gasteiger partial charge in [0.15, 0.2) is 0 Å². The number of benzene rings is 9. The summed E-state index contributed by atoms with van der Waals surface area (Å²) in [6.45, 7) is 0. The lowest BCUT2D eigenvalue weighted by Crippen LogP contribution is -2.28. The Labute approximate surface area is 337 Å². The molecule has 0 amide bonds. The first-order chi connectivity index (χ1) is 28.8. The van der Waals surface area contributed by atoms with Crippen molar-refractivity contribution >= 4 is 55.9 Å². The molecule has 3 heteroatoms. The van der Waals surface area contributed by atoms with Crippen LogP contribution in [0.1, 0.15) is 22.3 Å². The van der Waals surface area contributed by atoms with Gasteiger partial charge in [0.25, 0.3) is 0 Å². The Balaban J connectivity index is 1.21. The highest BCUT2D eigenvalue weighted by Gasteiger charge is 2.56. The summed E-state index contributed by atoms with van der Waals surface area (Å²) in [6, 6.07) is 79.1. The van der Waals surface area contributed by atoms with Crippen molar-refractivity contribution in [1.29, 1.82) is 0 Å². The molecule has 1 heterocycles. The van der Waals surface area contributed by atoms with Crippen LogP contribution >= 0.6 is 0 Å². The quantitative estimate of drug-likeness (QED) is 0.169. The lowest BCUT2D eigenvalue weighted by atomic mass is 9.69. The minimum absolute atomic E-state index is 0.710. The van der Waals surface area contributed by atoms with Crippen LogP contribution in [0.3, 0.4) is 0 Å². The molecule has 1 spiro atoms. The fraction of sp³-hybridized carbons (Fsp3) is 0.0182. The molecule has 272 valence electrons. The van der Waals surface area contributed by atoms with Gasteiger partial charge in [0.05, 0.1) is 16.8 Å². The van der Waals surface area contributed by atoms with Crippen molar-refractivity contribution in [3.05, 3.63) is 241 Å². The third-order valence-electron chi connectivity index (χ3n) is 12.2. The van der Waals surface area contributed by atoms with Crippen LogP contribution in [-0.4, -0.2) is 0 Å². The van der Waals surface area contributed by atoms with Crippen molar-refractivity contribution in [3.63, 3.8) is 0 Å². The Hall–Kier alpha value is -7.62. The van der Waals surface area contributed by atoms with Gasteiger partial charge in [0, 0.05) is 50.2 Å². The van der Waals surface area contributed by atoms with Crippen molar-refractivity contribution in [3.8, 4) is 22.5 Å². The predicted octanol–water partition coefficient (Wildman–Crippen LogP) is 14.9. The van der Waals surface area contributed by atoms with Gasteiger partial charge in [-0.25, -0.2) is 0 Å². The lowest BCUT2D eigenvalue weighted by Gasteiger charge is -2.36. The van der Waals surface area contributed by atoms with Crippen molar-refractivity contribution < 1.29 is 4.42 Å². The Morgan fingerprint density at radius 1 is 0.345 bits per heavy atom. The van der Waals surface area contributed by atoms with E-state index in [4.69, 9.17) is 4.42 Å². The summed E-state index contributed by atoms with van der Waals surface area (Å²) in [6.07, 6.45) is 0. The molecular formula is C55H36N2O. The molecular weight excluding hydrogens is 705 g/mol. The largest absolute Gasteiger partial charge is 0.456 e. The summed E-state index contributed by atoms with van der Waals surface area (Å²) in [5.74, 6) is 0.932. The summed E-state index contributed by atoms with van der Waals surface area (Å²) in [5, 5.41) is 3.54. The van der Waals surface area contributed by atoms with Gasteiger partial charge in [-0.2, -0.15) is 0 Å². The Morgan fingerprint density at radius 3 is 1.62 bits per heavy atom. The van der Waals surface area contributed by atoms with Crippen LogP contribution < -0.4 is 9.80 Å². The highest BCUT2D eigenvalue weighted by Crippen LogP contribution is 2.67. The first-order valence-electron chi connectivity index (χ1n) is 19.9. The van der Waals surface area contributed by atoms with Crippen LogP contribution in [0, 0.1) is 0 Å². The van der Waals surface area contributed by atoms with E-state index in [2.05, 4.69) is 228 Å². The minimum atomic E-state index is -0.710. The number of nitrogens with zero attached hydrogens (tertiary/aromatic N) is 2. The fourth-order valence-electron chi connectivity index (χ4n) is 9.98. The Kier molecular flexibility index (Phi) is 7.14. The molecule has 0 saturated heterocycles. The van der Waals surface area contributed by atoms with E-state index in [0.717, 1.165) is 56.4 Å². The third kappa shape index (κ3) is 4.56. The van der Waals surface area contributed by atoms with Crippen LogP contribution in [-0.2, 0) is 5.41 Å². The standard InChI is InChI=1S/C55H36N2O/c1-4-20-38(21-5-1)56(39-22-6-2-7-23-39)50-32-17-29-46-52(50)55(53-45-28-13-15-33-51(45)58-54(46)53)47-30-14-12-27-43(47)44-35-34-41(36-48(44)55)57(40-24-8-3-9-25-40)49-31-16-19-37-18-10-11-26-42(37)49/h1-36H/t55-/m1/s1. The zero-order valence-electron chi connectivity index (χ0n) is 31.6. The van der Waals surface area contributed by atoms with E-state index >= 15 is 0 Å². The molecule has 1 aromatic heterocycles. The average Bonchev–Trinajstić information content (AvgIpc) is 3.92. The number of para-hydroxylation sites is 4. The van der Waals surface area contributed by atoms with Crippen molar-refractivity contribution in [2.45, 2.75) is 5.41 Å². The molecule has 3 nitrogen and oxygen atoms in total. The Bertz CT molecular complexity index is 3140. The maximum absolute atomic E-state index is 7.04. The van der Waals surface area contributed by atoms with Gasteiger partial charge in [-0.05, 0) is 94.4 Å². The highest BCUT2D eigenvalue weighted by atomic mass is 16.3. The van der Waals surface area contributed by atoms with Gasteiger partial charge in [-0.1, -0.05) is 152 Å². The molecule has 0 N–H and O–H groups in total. The minimum Gasteiger partial charge on any atom is -0.456 e. The molecule has 58 heavy (non-hydrogen) atoms. The molecule has 10 aromatic rings. The van der Waals surface area contributed by atoms with Crippen LogP contribution in [0.25, 0.3) is 44.2 Å². The summed E-state index contributed by atoms with van der Waals surface area (Å²) >= 11 is 0. The normalized spacial score (nSPS) is 14.6. The molecule has 0 aliphatic heterocycles. The number of hydrogen-bond acceptors (Lipinski definition) is 3. The molecule has 12 rings (SSSR count). The summed E-state index contributed by atoms with van der Waals surface area (Å²) in [4.78, 5) is 4.85. The molecule has 9 aromatic carbocycles. The monoisotopic (exact) mass is 740 g/mol. The first-order valence-corrected chi connectivity index (χ1v) is 19.9. The second-order valence-corrected chi connectivity index (χ2v) is 15.2. The van der Waals surface area contributed by atoms with Crippen molar-refractivity contribution in [2.24, 2.45) is 0 Å². The number of anilines is 6. The van der Waals surface area contributed by atoms with E-state index < -0.39 is 5.41 Å². The maximum atomic E-state index is 7.04. The first kappa shape index (κ1) is 32.6. The van der Waals surface area contributed by atoms with E-state index in [1.807, 2.05) is 0 Å². The van der Waals surface area contributed by atoms with E-state index in [0.29, 0.717) is 0 Å². The SMILES string of the molecule is c1ccc(N(c2ccccc2)c2cccc3c2[C@]2(c4ccccc4-c4ccc(N(c5ccccc5)c5cccc6ccccc56)cc42)c2c-3oc3ccccc23)cc1. The van der Waals surface area contributed by atoms with Gasteiger partial charge in [-0.3, -0.25) is 0 Å². The Morgan fingerprint density at radius 2 is 0.879 bits per heavy atom. The van der Waals surface area contributed by atoms with Crippen molar-refractivity contribution in [2.75, 3.05) is 9.80 Å². The summed E-state index contributed by atoms with van der Waals surface area (Å²) < 4.78 is 7.04. The summed E-state index contributed by atoms with van der Waals surface area (Å²) in [5.41, 5.74) is 15.3. The van der Waals surface area contributed by atoms with Gasteiger partial charge < -0.3 is 14.2 Å². The summed E-state index contributed by atoms with van der Waals surface area (Å²) in [7, 11) is 0. The number of furan rings is 1. The molecule has 1 atom stereocenters. The van der Waals surface area contributed by atoms with Gasteiger partial charge in [0.1, 0.15) is 11.3 Å². The third-order valence-corrected chi connectivity index (χ3v) is 12.2. The average molecular weight is 741 g/mol. The van der Waals surface area contributed by atoms with Crippen molar-refractivity contribution in [1.82, 2.24) is 0 Å². The van der Waals surface area contributed by atoms with E-state index in [-0.39, 0.29) is 0 Å². The van der Waals surface area contributed by atoms with Gasteiger partial charge in [-0.15, -0.1) is 0 Å². The number of rotatable bonds is 6. The molecule has 0 radical (unpaired) electrons. The second kappa shape index (κ2) is 12.7. The van der Waals surface area contributed by atoms with Crippen LogP contribution in [0.15, 0.2) is 223 Å². The zero-order valence-corrected chi connectivity index (χ0v) is 31.6. The van der Waals surface area contributed by atoms with Gasteiger partial charge in [0.2, 0.25) is 0 Å². The van der Waals surface area contributed by atoms with E-state index in [1.54, 1.807) is 0 Å². The van der Waals surface area contributed by atoms with E-state index in [9.17, 15) is 0 Å². The molecule has 0 fully saturated rings. The van der Waals surface area contributed by atoms with Gasteiger partial charge >= 0.3 is 0 Å². The predicted molar refractivity (Wildman–Crippen MR) is 239 cm³/mol. The molecule has 2 aliphatic rings. The molecule has 0 unspecified atom stereocenters. The van der Waals surface area contributed by atoms with E-state index in [1.165, 1.54) is 44.2 Å². The number of hydrogen-bond donors (Lipinski definition) is 0. The fourth-order valence-corrected chi connectivity index (χ4v) is 9.98.